The van der Waals surface area contributed by atoms with Crippen molar-refractivity contribution in [3.63, 3.8) is 0 Å². The average molecular weight is 426 g/mol. The van der Waals surface area contributed by atoms with Crippen LogP contribution in [0.15, 0.2) is 36.4 Å². The molecule has 7 nitrogen and oxygen atoms in total. The highest BCUT2D eigenvalue weighted by Crippen LogP contribution is 2.22. The number of rotatable bonds is 7. The minimum atomic E-state index is -0.950. The Morgan fingerprint density at radius 3 is 2.06 bits per heavy atom. The molecule has 0 heterocycles. The number of carbonyl (C=O) groups excluding carboxylic acids is 3. The number of aryl methyl sites for hydroxylation is 3. The second-order valence-corrected chi connectivity index (χ2v) is 7.99. The minimum absolute atomic E-state index is 0.0511. The zero-order chi connectivity index (χ0) is 23.1. The van der Waals surface area contributed by atoms with Crippen LogP contribution in [0.3, 0.4) is 0 Å². The second kappa shape index (κ2) is 10.6. The van der Waals surface area contributed by atoms with E-state index in [1.807, 2.05) is 46.8 Å². The molecule has 0 aliphatic heterocycles. The molecule has 0 spiro atoms. The molecular formula is C24H31N3O4. The van der Waals surface area contributed by atoms with Crippen LogP contribution in [0.1, 0.15) is 53.4 Å². The summed E-state index contributed by atoms with van der Waals surface area (Å²) in [6, 6.07) is 10.5. The molecule has 0 bridgehead atoms. The Morgan fingerprint density at radius 2 is 1.52 bits per heavy atom. The van der Waals surface area contributed by atoms with Crippen molar-refractivity contribution >= 4 is 23.6 Å². The predicted molar refractivity (Wildman–Crippen MR) is 121 cm³/mol. The highest BCUT2D eigenvalue weighted by atomic mass is 16.5. The van der Waals surface area contributed by atoms with Gasteiger partial charge in [0.15, 0.2) is 6.10 Å². The van der Waals surface area contributed by atoms with E-state index in [4.69, 9.17) is 4.74 Å². The summed E-state index contributed by atoms with van der Waals surface area (Å²) < 4.78 is 5.32. The van der Waals surface area contributed by atoms with Gasteiger partial charge in [-0.25, -0.2) is 9.59 Å². The Labute approximate surface area is 183 Å². The number of esters is 1. The number of urea groups is 1. The van der Waals surface area contributed by atoms with Gasteiger partial charge in [-0.05, 0) is 70.4 Å². The lowest BCUT2D eigenvalue weighted by molar-refractivity contribution is -0.123. The van der Waals surface area contributed by atoms with Crippen LogP contribution in [0, 0.1) is 20.8 Å². The molecular weight excluding hydrogens is 394 g/mol. The number of hydrogen-bond donors (Lipinski definition) is 3. The molecule has 0 saturated carbocycles. The first kappa shape index (κ1) is 23.9. The molecule has 0 saturated heterocycles. The van der Waals surface area contributed by atoms with E-state index in [2.05, 4.69) is 16.0 Å². The first-order valence-electron chi connectivity index (χ1n) is 10.3. The van der Waals surface area contributed by atoms with Gasteiger partial charge in [0.1, 0.15) is 0 Å². The van der Waals surface area contributed by atoms with Crippen molar-refractivity contribution in [2.45, 2.75) is 60.2 Å². The van der Waals surface area contributed by atoms with Crippen molar-refractivity contribution in [3.8, 4) is 0 Å². The van der Waals surface area contributed by atoms with E-state index in [0.717, 1.165) is 27.9 Å². The molecule has 2 aromatic carbocycles. The van der Waals surface area contributed by atoms with Crippen LogP contribution in [0.5, 0.6) is 0 Å². The molecule has 2 aromatic rings. The monoisotopic (exact) mass is 425 g/mol. The summed E-state index contributed by atoms with van der Waals surface area (Å²) in [4.78, 5) is 36.6. The number of nitrogens with one attached hydrogen (secondary N) is 3. The minimum Gasteiger partial charge on any atom is -0.449 e. The zero-order valence-electron chi connectivity index (χ0n) is 19.0. The topological polar surface area (TPSA) is 96.5 Å². The largest absolute Gasteiger partial charge is 0.449 e. The molecule has 3 amide bonds. The van der Waals surface area contributed by atoms with Gasteiger partial charge in [0.2, 0.25) is 0 Å². The van der Waals surface area contributed by atoms with Gasteiger partial charge in [-0.1, -0.05) is 29.8 Å². The third kappa shape index (κ3) is 7.13. The fourth-order valence-corrected chi connectivity index (χ4v) is 3.14. The molecule has 0 aliphatic carbocycles. The fraction of sp³-hybridized carbons (Fsp3) is 0.375. The van der Waals surface area contributed by atoms with E-state index in [-0.39, 0.29) is 18.0 Å². The lowest BCUT2D eigenvalue weighted by Gasteiger charge is -2.17. The Balaban J connectivity index is 1.92. The highest BCUT2D eigenvalue weighted by molar-refractivity contribution is 5.98. The number of carbonyl (C=O) groups is 3. The molecule has 0 unspecified atom stereocenters. The van der Waals surface area contributed by atoms with Gasteiger partial charge in [-0.2, -0.15) is 0 Å². The highest BCUT2D eigenvalue weighted by Gasteiger charge is 2.20. The van der Waals surface area contributed by atoms with Gasteiger partial charge in [0, 0.05) is 18.3 Å². The third-order valence-electron chi connectivity index (χ3n) is 4.64. The number of benzene rings is 2. The number of anilines is 1. The maximum atomic E-state index is 12.5. The molecule has 0 fully saturated rings. The maximum absolute atomic E-state index is 12.5. The quantitative estimate of drug-likeness (QED) is 0.584. The lowest BCUT2D eigenvalue weighted by Crippen LogP contribution is -2.39. The van der Waals surface area contributed by atoms with E-state index in [1.165, 1.54) is 6.92 Å². The van der Waals surface area contributed by atoms with Crippen LogP contribution in [-0.4, -0.2) is 30.1 Å². The van der Waals surface area contributed by atoms with Crippen LogP contribution < -0.4 is 16.0 Å². The molecule has 0 aliphatic rings. The number of hydrogen-bond acceptors (Lipinski definition) is 4. The van der Waals surface area contributed by atoms with Crippen molar-refractivity contribution in [2.75, 3.05) is 5.32 Å². The molecule has 31 heavy (non-hydrogen) atoms. The predicted octanol–water partition coefficient (Wildman–Crippen LogP) is 4.00. The number of ether oxygens (including phenoxy) is 1. The average Bonchev–Trinajstić information content (AvgIpc) is 2.68. The second-order valence-electron chi connectivity index (χ2n) is 7.99. The summed E-state index contributed by atoms with van der Waals surface area (Å²) >= 11 is 0. The van der Waals surface area contributed by atoms with Gasteiger partial charge in [-0.15, -0.1) is 0 Å². The normalized spacial score (nSPS) is 11.6. The molecule has 0 aromatic heterocycles. The number of amides is 3. The van der Waals surface area contributed by atoms with Crippen LogP contribution in [0.25, 0.3) is 0 Å². The van der Waals surface area contributed by atoms with Gasteiger partial charge in [0.05, 0.1) is 5.56 Å². The standard InChI is InChI=1S/C24H31N3O4/c1-14(2)26-24(30)25-13-19-7-9-20(10-8-19)23(29)31-18(6)22(28)27-21-16(4)11-15(3)12-17(21)5/h7-12,14,18H,13H2,1-6H3,(H,27,28)(H2,25,26,30)/t18-/m1/s1. The van der Waals surface area contributed by atoms with Crippen molar-refractivity contribution in [1.29, 1.82) is 0 Å². The fourth-order valence-electron chi connectivity index (χ4n) is 3.14. The molecule has 2 rings (SSSR count). The van der Waals surface area contributed by atoms with Gasteiger partial charge < -0.3 is 20.7 Å². The van der Waals surface area contributed by atoms with E-state index in [1.54, 1.807) is 24.3 Å². The molecule has 3 N–H and O–H groups in total. The van der Waals surface area contributed by atoms with Gasteiger partial charge >= 0.3 is 12.0 Å². The smallest absolute Gasteiger partial charge is 0.338 e. The lowest BCUT2D eigenvalue weighted by atomic mass is 10.0. The van der Waals surface area contributed by atoms with E-state index < -0.39 is 12.1 Å². The van der Waals surface area contributed by atoms with E-state index >= 15 is 0 Å². The van der Waals surface area contributed by atoms with Crippen molar-refractivity contribution in [1.82, 2.24) is 10.6 Å². The molecule has 166 valence electrons. The Hall–Kier alpha value is -3.35. The Bertz CT molecular complexity index is 929. The summed E-state index contributed by atoms with van der Waals surface area (Å²) in [5.74, 6) is -0.975. The van der Waals surface area contributed by atoms with Gasteiger partial charge in [0.25, 0.3) is 5.91 Å². The van der Waals surface area contributed by atoms with Crippen LogP contribution >= 0.6 is 0 Å². The van der Waals surface area contributed by atoms with Crippen molar-refractivity contribution in [3.05, 3.63) is 64.2 Å². The summed E-state index contributed by atoms with van der Waals surface area (Å²) in [7, 11) is 0. The summed E-state index contributed by atoms with van der Waals surface area (Å²) in [5, 5.41) is 8.33. The van der Waals surface area contributed by atoms with E-state index in [0.29, 0.717) is 12.1 Å². The zero-order valence-corrected chi connectivity index (χ0v) is 19.0. The Morgan fingerprint density at radius 1 is 0.935 bits per heavy atom. The van der Waals surface area contributed by atoms with Crippen LogP contribution in [-0.2, 0) is 16.1 Å². The van der Waals surface area contributed by atoms with Crippen LogP contribution in [0.4, 0.5) is 10.5 Å². The molecule has 1 atom stereocenters. The summed E-state index contributed by atoms with van der Waals surface area (Å²) in [6.07, 6.45) is -0.950. The van der Waals surface area contributed by atoms with Crippen LogP contribution in [0.2, 0.25) is 0 Å². The first-order chi connectivity index (χ1) is 14.6. The third-order valence-corrected chi connectivity index (χ3v) is 4.64. The van der Waals surface area contributed by atoms with Gasteiger partial charge in [-0.3, -0.25) is 4.79 Å². The summed E-state index contributed by atoms with van der Waals surface area (Å²) in [6.45, 7) is 11.5. The SMILES string of the molecule is Cc1cc(C)c(NC(=O)[C@@H](C)OC(=O)c2ccc(CNC(=O)NC(C)C)cc2)c(C)c1. The maximum Gasteiger partial charge on any atom is 0.338 e. The molecule has 7 heteroatoms. The summed E-state index contributed by atoms with van der Waals surface area (Å²) in [5.41, 5.74) is 4.93. The van der Waals surface area contributed by atoms with E-state index in [9.17, 15) is 14.4 Å². The molecule has 0 radical (unpaired) electrons. The van der Waals surface area contributed by atoms with Crippen molar-refractivity contribution in [2.24, 2.45) is 0 Å². The van der Waals surface area contributed by atoms with Crippen molar-refractivity contribution < 1.29 is 19.1 Å². The first-order valence-corrected chi connectivity index (χ1v) is 10.3. The Kier molecular flexibility index (Phi) is 8.19.